The van der Waals surface area contributed by atoms with Crippen LogP contribution in [0.3, 0.4) is 0 Å². The molecule has 0 atom stereocenters. The van der Waals surface area contributed by atoms with E-state index in [4.69, 9.17) is 0 Å². The van der Waals surface area contributed by atoms with E-state index in [1.807, 2.05) is 0 Å². The van der Waals surface area contributed by atoms with Gasteiger partial charge in [0.25, 0.3) is 0 Å². The molecule has 0 saturated carbocycles. The number of allylic oxidation sites excluding steroid dienone is 3. The SMILES string of the molecule is C1=CC2=CCNCC2=CC1.Cl. The average Bonchev–Trinajstić information content (AvgIpc) is 2.05. The minimum absolute atomic E-state index is 0. The summed E-state index contributed by atoms with van der Waals surface area (Å²) in [7, 11) is 0. The van der Waals surface area contributed by atoms with Crippen molar-refractivity contribution in [2.24, 2.45) is 0 Å². The van der Waals surface area contributed by atoms with Crippen molar-refractivity contribution in [1.82, 2.24) is 5.32 Å². The number of fused-ring (bicyclic) bond motifs is 1. The Morgan fingerprint density at radius 2 is 2.18 bits per heavy atom. The zero-order valence-corrected chi connectivity index (χ0v) is 7.16. The molecule has 0 radical (unpaired) electrons. The molecule has 2 aliphatic rings. The van der Waals surface area contributed by atoms with Crippen LogP contribution in [0.15, 0.2) is 35.5 Å². The highest BCUT2D eigenvalue weighted by Gasteiger charge is 2.07. The van der Waals surface area contributed by atoms with Crippen LogP contribution in [-0.4, -0.2) is 13.1 Å². The largest absolute Gasteiger partial charge is 0.309 e. The molecule has 0 saturated heterocycles. The Bertz CT molecular complexity index is 226. The maximum absolute atomic E-state index is 3.31. The molecule has 11 heavy (non-hydrogen) atoms. The smallest absolute Gasteiger partial charge is 0.0211 e. The van der Waals surface area contributed by atoms with Crippen LogP contribution >= 0.6 is 12.4 Å². The van der Waals surface area contributed by atoms with Crippen LogP contribution in [0.2, 0.25) is 0 Å². The first-order valence-electron chi connectivity index (χ1n) is 3.73. The summed E-state index contributed by atoms with van der Waals surface area (Å²) in [6.07, 6.45) is 10.1. The standard InChI is InChI=1S/C9H11N.ClH/c1-2-4-9-7-10-6-5-8(9)3-1;/h1,3-5,10H,2,6-7H2;1H. The van der Waals surface area contributed by atoms with Crippen LogP contribution in [0, 0.1) is 0 Å². The van der Waals surface area contributed by atoms with E-state index in [1.165, 1.54) is 11.1 Å². The fraction of sp³-hybridized carbons (Fsp3) is 0.333. The van der Waals surface area contributed by atoms with Gasteiger partial charge in [0.1, 0.15) is 0 Å². The minimum Gasteiger partial charge on any atom is -0.309 e. The monoisotopic (exact) mass is 169 g/mol. The Labute approximate surface area is 73.3 Å². The highest BCUT2D eigenvalue weighted by Crippen LogP contribution is 2.18. The molecule has 0 unspecified atom stereocenters. The Morgan fingerprint density at radius 3 is 3.00 bits per heavy atom. The molecule has 60 valence electrons. The van der Waals surface area contributed by atoms with Gasteiger partial charge in [0.05, 0.1) is 0 Å². The number of nitrogens with one attached hydrogen (secondary N) is 1. The van der Waals surface area contributed by atoms with Gasteiger partial charge in [-0.25, -0.2) is 0 Å². The molecule has 1 nitrogen and oxygen atoms in total. The van der Waals surface area contributed by atoms with Crippen molar-refractivity contribution in [3.05, 3.63) is 35.5 Å². The lowest BCUT2D eigenvalue weighted by Crippen LogP contribution is -2.23. The average molecular weight is 170 g/mol. The van der Waals surface area contributed by atoms with Crippen LogP contribution < -0.4 is 5.32 Å². The first-order chi connectivity index (χ1) is 4.97. The van der Waals surface area contributed by atoms with Crippen LogP contribution in [0.1, 0.15) is 6.42 Å². The zero-order valence-electron chi connectivity index (χ0n) is 6.34. The van der Waals surface area contributed by atoms with Gasteiger partial charge in [-0.2, -0.15) is 0 Å². The van der Waals surface area contributed by atoms with Crippen molar-refractivity contribution in [1.29, 1.82) is 0 Å². The van der Waals surface area contributed by atoms with Gasteiger partial charge < -0.3 is 5.32 Å². The predicted molar refractivity (Wildman–Crippen MR) is 50.0 cm³/mol. The lowest BCUT2D eigenvalue weighted by Gasteiger charge is -2.17. The summed E-state index contributed by atoms with van der Waals surface area (Å²) in [6.45, 7) is 2.08. The third-order valence-corrected chi connectivity index (χ3v) is 1.95. The molecular formula is C9H12ClN. The molecule has 0 bridgehead atoms. The van der Waals surface area contributed by atoms with Crippen LogP contribution in [-0.2, 0) is 0 Å². The number of rotatable bonds is 0. The summed E-state index contributed by atoms with van der Waals surface area (Å²) < 4.78 is 0. The summed E-state index contributed by atoms with van der Waals surface area (Å²) in [5.74, 6) is 0. The van der Waals surface area contributed by atoms with E-state index in [0.717, 1.165) is 19.5 Å². The molecule has 0 amide bonds. The van der Waals surface area contributed by atoms with Gasteiger partial charge in [-0.3, -0.25) is 0 Å². The molecule has 2 heteroatoms. The van der Waals surface area contributed by atoms with Gasteiger partial charge in [0.2, 0.25) is 0 Å². The van der Waals surface area contributed by atoms with E-state index in [2.05, 4.69) is 29.6 Å². The summed E-state index contributed by atoms with van der Waals surface area (Å²) in [5.41, 5.74) is 2.89. The van der Waals surface area contributed by atoms with Crippen molar-refractivity contribution in [2.45, 2.75) is 6.42 Å². The van der Waals surface area contributed by atoms with Crippen molar-refractivity contribution in [3.8, 4) is 0 Å². The topological polar surface area (TPSA) is 12.0 Å². The fourth-order valence-electron chi connectivity index (χ4n) is 1.39. The molecule has 0 aromatic heterocycles. The van der Waals surface area contributed by atoms with Crippen molar-refractivity contribution in [3.63, 3.8) is 0 Å². The molecule has 1 heterocycles. The first kappa shape index (κ1) is 8.57. The van der Waals surface area contributed by atoms with Gasteiger partial charge in [0.15, 0.2) is 0 Å². The lowest BCUT2D eigenvalue weighted by atomic mass is 9.97. The second-order valence-electron chi connectivity index (χ2n) is 2.66. The van der Waals surface area contributed by atoms with Crippen molar-refractivity contribution < 1.29 is 0 Å². The molecule has 1 N–H and O–H groups in total. The molecule has 0 aromatic rings. The highest BCUT2D eigenvalue weighted by molar-refractivity contribution is 5.85. The Hall–Kier alpha value is -0.530. The number of hydrogen-bond donors (Lipinski definition) is 1. The lowest BCUT2D eigenvalue weighted by molar-refractivity contribution is 0.789. The second-order valence-corrected chi connectivity index (χ2v) is 2.66. The van der Waals surface area contributed by atoms with Crippen molar-refractivity contribution in [2.75, 3.05) is 13.1 Å². The third-order valence-electron chi connectivity index (χ3n) is 1.95. The summed E-state index contributed by atoms with van der Waals surface area (Å²) in [4.78, 5) is 0. The fourth-order valence-corrected chi connectivity index (χ4v) is 1.39. The second kappa shape index (κ2) is 3.74. The predicted octanol–water partition coefficient (Wildman–Crippen LogP) is 1.82. The Morgan fingerprint density at radius 1 is 1.27 bits per heavy atom. The molecule has 0 spiro atoms. The molecular weight excluding hydrogens is 158 g/mol. The first-order valence-corrected chi connectivity index (χ1v) is 3.73. The van der Waals surface area contributed by atoms with E-state index in [9.17, 15) is 0 Å². The van der Waals surface area contributed by atoms with Crippen LogP contribution in [0.5, 0.6) is 0 Å². The van der Waals surface area contributed by atoms with Crippen molar-refractivity contribution >= 4 is 12.4 Å². The van der Waals surface area contributed by atoms with Gasteiger partial charge in [-0.15, -0.1) is 12.4 Å². The van der Waals surface area contributed by atoms with Crippen LogP contribution in [0.4, 0.5) is 0 Å². The van der Waals surface area contributed by atoms with Gasteiger partial charge >= 0.3 is 0 Å². The molecule has 1 aliphatic carbocycles. The summed E-state index contributed by atoms with van der Waals surface area (Å²) in [5, 5.41) is 3.31. The maximum atomic E-state index is 3.31. The van der Waals surface area contributed by atoms with E-state index < -0.39 is 0 Å². The summed E-state index contributed by atoms with van der Waals surface area (Å²) >= 11 is 0. The van der Waals surface area contributed by atoms with E-state index in [-0.39, 0.29) is 12.4 Å². The highest BCUT2D eigenvalue weighted by atomic mass is 35.5. The Balaban J connectivity index is 0.000000605. The van der Waals surface area contributed by atoms with Crippen LogP contribution in [0.25, 0.3) is 0 Å². The minimum atomic E-state index is 0. The number of halogens is 1. The zero-order chi connectivity index (χ0) is 6.81. The van der Waals surface area contributed by atoms with E-state index in [1.54, 1.807) is 0 Å². The maximum Gasteiger partial charge on any atom is 0.0211 e. The van der Waals surface area contributed by atoms with Gasteiger partial charge in [-0.1, -0.05) is 24.3 Å². The molecule has 0 fully saturated rings. The number of hydrogen-bond acceptors (Lipinski definition) is 1. The molecule has 1 aliphatic heterocycles. The normalized spacial score (nSPS) is 21.1. The van der Waals surface area contributed by atoms with E-state index in [0.29, 0.717) is 0 Å². The quantitative estimate of drug-likeness (QED) is 0.584. The van der Waals surface area contributed by atoms with E-state index >= 15 is 0 Å². The Kier molecular flexibility index (Phi) is 2.92. The van der Waals surface area contributed by atoms with Gasteiger partial charge in [0, 0.05) is 13.1 Å². The molecule has 0 aromatic carbocycles. The third kappa shape index (κ3) is 1.73. The summed E-state index contributed by atoms with van der Waals surface area (Å²) in [6, 6.07) is 0. The van der Waals surface area contributed by atoms with Gasteiger partial charge in [-0.05, 0) is 17.6 Å². The molecule has 2 rings (SSSR count).